The number of hydrogen-bond acceptors (Lipinski definition) is 2. The highest BCUT2D eigenvalue weighted by atomic mass is 35.5. The van der Waals surface area contributed by atoms with Crippen molar-refractivity contribution in [2.75, 3.05) is 0 Å². The summed E-state index contributed by atoms with van der Waals surface area (Å²) in [4.78, 5) is 28.0. The molecule has 1 fully saturated rings. The molecule has 1 atom stereocenters. The van der Waals surface area contributed by atoms with Crippen LogP contribution in [0.3, 0.4) is 0 Å². The van der Waals surface area contributed by atoms with E-state index in [9.17, 15) is 9.59 Å². The molecular formula is C26H32Cl2N2O2. The fourth-order valence-electron chi connectivity index (χ4n) is 4.15. The highest BCUT2D eigenvalue weighted by Gasteiger charge is 2.29. The van der Waals surface area contributed by atoms with Crippen LogP contribution >= 0.6 is 23.2 Å². The SMILES string of the molecule is Cc1ccc(CCC(=O)N(Cc2c(Cl)cccc2Cl)C(C)C(=O)NC2CCCCC2)cc1. The summed E-state index contributed by atoms with van der Waals surface area (Å²) in [5, 5.41) is 4.14. The van der Waals surface area contributed by atoms with Crippen molar-refractivity contribution in [2.45, 2.75) is 77.4 Å². The van der Waals surface area contributed by atoms with Gasteiger partial charge >= 0.3 is 0 Å². The molecule has 1 aliphatic rings. The Balaban J connectivity index is 1.75. The lowest BCUT2D eigenvalue weighted by Crippen LogP contribution is -2.50. The number of amides is 2. The number of halogens is 2. The summed E-state index contributed by atoms with van der Waals surface area (Å²) in [7, 11) is 0. The van der Waals surface area contributed by atoms with Gasteiger partial charge in [-0.2, -0.15) is 0 Å². The first kappa shape index (κ1) is 24.6. The smallest absolute Gasteiger partial charge is 0.242 e. The zero-order chi connectivity index (χ0) is 23.1. The number of benzene rings is 2. The van der Waals surface area contributed by atoms with Gasteiger partial charge in [0.1, 0.15) is 6.04 Å². The van der Waals surface area contributed by atoms with E-state index in [1.165, 1.54) is 12.0 Å². The maximum absolute atomic E-state index is 13.3. The van der Waals surface area contributed by atoms with Crippen molar-refractivity contribution in [1.29, 1.82) is 0 Å². The Morgan fingerprint density at radius 3 is 2.28 bits per heavy atom. The van der Waals surface area contributed by atoms with Gasteiger partial charge in [-0.1, -0.05) is 78.4 Å². The normalized spacial score (nSPS) is 15.2. The van der Waals surface area contributed by atoms with Crippen molar-refractivity contribution in [1.82, 2.24) is 10.2 Å². The zero-order valence-electron chi connectivity index (χ0n) is 18.9. The van der Waals surface area contributed by atoms with E-state index in [1.807, 2.05) is 31.2 Å². The second-order valence-corrected chi connectivity index (χ2v) is 9.54. The fraction of sp³-hybridized carbons (Fsp3) is 0.462. The van der Waals surface area contributed by atoms with Crippen molar-refractivity contribution in [3.8, 4) is 0 Å². The van der Waals surface area contributed by atoms with Crippen molar-refractivity contribution >= 4 is 35.0 Å². The van der Waals surface area contributed by atoms with Gasteiger partial charge in [0.25, 0.3) is 0 Å². The number of aryl methyl sites for hydroxylation is 2. The van der Waals surface area contributed by atoms with Crippen molar-refractivity contribution in [2.24, 2.45) is 0 Å². The first-order chi connectivity index (χ1) is 15.3. The predicted octanol–water partition coefficient (Wildman–Crippen LogP) is 6.10. The van der Waals surface area contributed by atoms with Gasteiger partial charge in [-0.15, -0.1) is 0 Å². The van der Waals surface area contributed by atoms with Crippen LogP contribution in [0.5, 0.6) is 0 Å². The van der Waals surface area contributed by atoms with E-state index in [0.29, 0.717) is 28.5 Å². The van der Waals surface area contributed by atoms with Crippen LogP contribution in [0.1, 0.15) is 62.1 Å². The van der Waals surface area contributed by atoms with Crippen LogP contribution in [0.15, 0.2) is 42.5 Å². The molecule has 2 amide bonds. The third-order valence-electron chi connectivity index (χ3n) is 6.26. The van der Waals surface area contributed by atoms with E-state index in [4.69, 9.17) is 23.2 Å². The summed E-state index contributed by atoms with van der Waals surface area (Å²) in [6.07, 6.45) is 6.40. The molecule has 6 heteroatoms. The number of hydrogen-bond donors (Lipinski definition) is 1. The molecule has 4 nitrogen and oxygen atoms in total. The lowest BCUT2D eigenvalue weighted by molar-refractivity contribution is -0.141. The molecule has 32 heavy (non-hydrogen) atoms. The second kappa shape index (κ2) is 11.7. The molecule has 1 N–H and O–H groups in total. The van der Waals surface area contributed by atoms with E-state index in [-0.39, 0.29) is 24.4 Å². The summed E-state index contributed by atoms with van der Waals surface area (Å²) in [5.74, 6) is -0.211. The molecule has 1 unspecified atom stereocenters. The second-order valence-electron chi connectivity index (χ2n) is 8.73. The first-order valence-electron chi connectivity index (χ1n) is 11.4. The molecule has 1 aliphatic carbocycles. The maximum atomic E-state index is 13.3. The Morgan fingerprint density at radius 1 is 1.03 bits per heavy atom. The number of carbonyl (C=O) groups excluding carboxylic acids is 2. The summed E-state index contributed by atoms with van der Waals surface area (Å²) >= 11 is 12.8. The van der Waals surface area contributed by atoms with Gasteiger partial charge in [-0.25, -0.2) is 0 Å². The Morgan fingerprint density at radius 2 is 1.66 bits per heavy atom. The fourth-order valence-corrected chi connectivity index (χ4v) is 4.67. The summed E-state index contributed by atoms with van der Waals surface area (Å²) in [5.41, 5.74) is 2.94. The van der Waals surface area contributed by atoms with Crippen LogP contribution in [0.2, 0.25) is 10.0 Å². The molecule has 0 bridgehead atoms. The first-order valence-corrected chi connectivity index (χ1v) is 12.2. The predicted molar refractivity (Wildman–Crippen MR) is 131 cm³/mol. The summed E-state index contributed by atoms with van der Waals surface area (Å²) in [6, 6.07) is 13.0. The minimum Gasteiger partial charge on any atom is -0.352 e. The Hall–Kier alpha value is -2.04. The topological polar surface area (TPSA) is 49.4 Å². The third kappa shape index (κ3) is 6.73. The van der Waals surface area contributed by atoms with Gasteiger partial charge in [0.15, 0.2) is 0 Å². The molecule has 2 aromatic rings. The molecule has 172 valence electrons. The third-order valence-corrected chi connectivity index (χ3v) is 6.97. The van der Waals surface area contributed by atoms with Crippen molar-refractivity contribution in [3.63, 3.8) is 0 Å². The van der Waals surface area contributed by atoms with Gasteiger partial charge < -0.3 is 10.2 Å². The number of nitrogens with zero attached hydrogens (tertiary/aromatic N) is 1. The van der Waals surface area contributed by atoms with E-state index in [1.54, 1.807) is 30.0 Å². The molecule has 0 saturated heterocycles. The average Bonchev–Trinajstić information content (AvgIpc) is 2.78. The minimum atomic E-state index is -0.616. The van der Waals surface area contributed by atoms with E-state index in [0.717, 1.165) is 31.2 Å². The van der Waals surface area contributed by atoms with Gasteiger partial charge in [0.05, 0.1) is 0 Å². The number of carbonyl (C=O) groups is 2. The molecular weight excluding hydrogens is 443 g/mol. The van der Waals surface area contributed by atoms with Crippen molar-refractivity contribution in [3.05, 3.63) is 69.2 Å². The van der Waals surface area contributed by atoms with E-state index >= 15 is 0 Å². The highest BCUT2D eigenvalue weighted by Crippen LogP contribution is 2.27. The average molecular weight is 475 g/mol. The molecule has 0 radical (unpaired) electrons. The Labute approximate surface area is 201 Å². The standard InChI is InChI=1S/C26H32Cl2N2O2/c1-18-11-13-20(14-12-18)15-16-25(31)30(17-22-23(27)9-6-10-24(22)28)19(2)26(32)29-21-7-4-3-5-8-21/h6,9-14,19,21H,3-5,7-8,15-17H2,1-2H3,(H,29,32). The number of nitrogens with one attached hydrogen (secondary N) is 1. The summed E-state index contributed by atoms with van der Waals surface area (Å²) < 4.78 is 0. The lowest BCUT2D eigenvalue weighted by atomic mass is 9.95. The Bertz CT molecular complexity index is 904. The maximum Gasteiger partial charge on any atom is 0.242 e. The van der Waals surface area contributed by atoms with E-state index in [2.05, 4.69) is 5.32 Å². The largest absolute Gasteiger partial charge is 0.352 e. The quantitative estimate of drug-likeness (QED) is 0.502. The molecule has 0 aliphatic heterocycles. The van der Waals surface area contributed by atoms with Gasteiger partial charge in [0, 0.05) is 34.6 Å². The van der Waals surface area contributed by atoms with Crippen molar-refractivity contribution < 1.29 is 9.59 Å². The molecule has 0 spiro atoms. The molecule has 0 aromatic heterocycles. The van der Waals surface area contributed by atoms with Crippen LogP contribution in [-0.2, 0) is 22.6 Å². The monoisotopic (exact) mass is 474 g/mol. The van der Waals surface area contributed by atoms with Gasteiger partial charge in [-0.05, 0) is 50.8 Å². The van der Waals surface area contributed by atoms with Crippen LogP contribution in [-0.4, -0.2) is 28.8 Å². The number of rotatable bonds is 8. The van der Waals surface area contributed by atoms with Gasteiger partial charge in [-0.3, -0.25) is 9.59 Å². The molecule has 2 aromatic carbocycles. The molecule has 3 rings (SSSR count). The van der Waals surface area contributed by atoms with Crippen LogP contribution in [0.4, 0.5) is 0 Å². The van der Waals surface area contributed by atoms with Crippen LogP contribution < -0.4 is 5.32 Å². The minimum absolute atomic E-state index is 0.0899. The molecule has 1 saturated carbocycles. The van der Waals surface area contributed by atoms with Gasteiger partial charge in [0.2, 0.25) is 11.8 Å². The van der Waals surface area contributed by atoms with Crippen LogP contribution in [0, 0.1) is 6.92 Å². The Kier molecular flexibility index (Phi) is 9.01. The summed E-state index contributed by atoms with van der Waals surface area (Å²) in [6.45, 7) is 4.02. The lowest BCUT2D eigenvalue weighted by Gasteiger charge is -2.31. The molecule has 0 heterocycles. The highest BCUT2D eigenvalue weighted by molar-refractivity contribution is 6.36. The van der Waals surface area contributed by atoms with E-state index < -0.39 is 6.04 Å². The zero-order valence-corrected chi connectivity index (χ0v) is 20.4. The van der Waals surface area contributed by atoms with Crippen LogP contribution in [0.25, 0.3) is 0 Å².